The first-order valence-electron chi connectivity index (χ1n) is 43.5. The molecule has 0 saturated carbocycles. The number of aliphatic hydroxyl groups is 2. The van der Waals surface area contributed by atoms with Gasteiger partial charge in [0, 0.05) is 19.3 Å². The van der Waals surface area contributed by atoms with Crippen LogP contribution in [0, 0.1) is 0 Å². The molecule has 0 aliphatic heterocycles. The maximum absolute atomic E-state index is 13.0. The number of esters is 3. The van der Waals surface area contributed by atoms with Gasteiger partial charge >= 0.3 is 33.6 Å². The minimum atomic E-state index is -4.93. The normalized spacial score (nSPS) is 14.5. The highest BCUT2D eigenvalue weighted by atomic mass is 31.2. The molecule has 0 aromatic rings. The number of carbonyl (C=O) groups excluding carboxylic acids is 3. The van der Waals surface area contributed by atoms with Gasteiger partial charge in [-0.2, -0.15) is 0 Å². The molecule has 0 amide bonds. The van der Waals surface area contributed by atoms with Crippen LogP contribution in [0.3, 0.4) is 0 Å². The predicted octanol–water partition coefficient (Wildman–Crippen LogP) is 26.2. The number of hydrogen-bond donors (Lipinski definition) is 4. The minimum Gasteiger partial charge on any atom is -0.463 e. The summed E-state index contributed by atoms with van der Waals surface area (Å²) < 4.78 is 61.2. The van der Waals surface area contributed by atoms with Crippen molar-refractivity contribution < 1.29 is 75.8 Å². The van der Waals surface area contributed by atoms with Crippen molar-refractivity contribution in [2.24, 2.45) is 0 Å². The summed E-state index contributed by atoms with van der Waals surface area (Å²) >= 11 is 0. The Labute approximate surface area is 665 Å². The standard InChI is InChI=1S/C91H158O16P2/c1-4-7-10-13-16-19-22-25-27-29-31-33-35-37-38-39-40-41-42-43-44-45-46-48-50-51-53-55-57-60-62-65-68-71-74-77-89(94)101-80-86(92)81-103-108(97,98)104-82-87(93)83-105-109(99,100)106-85-88(107-91(96)79-76-73-70-67-64-59-24-21-18-15-12-9-6-3)84-102-90(95)78-75-72-69-66-63-61-58-56-54-52-49-47-36-34-32-30-28-26-23-20-17-14-11-8-5-2/h7-8,10-11,16-17,19-21,24-28,31-34,37-38,47,49,86-88,92-93H,4-6,9,12-15,18,22-23,29-30,35-36,39-46,48,50-85H2,1-3H3,(H,97,98)(H,99,100)/b10-7-,11-8-,19-16-,20-17-,24-21-,27-25-,28-26-,33-31-,34-32-,38-37-,49-47-. The van der Waals surface area contributed by atoms with E-state index in [2.05, 4.69) is 154 Å². The van der Waals surface area contributed by atoms with Gasteiger partial charge in [-0.05, 0) is 135 Å². The molecule has 628 valence electrons. The number of aliphatic hydroxyl groups excluding tert-OH is 2. The van der Waals surface area contributed by atoms with Gasteiger partial charge in [0.05, 0.1) is 26.4 Å². The lowest BCUT2D eigenvalue weighted by atomic mass is 10.0. The molecule has 0 aliphatic carbocycles. The van der Waals surface area contributed by atoms with Crippen molar-refractivity contribution in [1.29, 1.82) is 0 Å². The van der Waals surface area contributed by atoms with Crippen LogP contribution in [0.25, 0.3) is 0 Å². The van der Waals surface area contributed by atoms with Crippen molar-refractivity contribution in [2.75, 3.05) is 39.6 Å². The maximum Gasteiger partial charge on any atom is 0.472 e. The summed E-state index contributed by atoms with van der Waals surface area (Å²) in [5.41, 5.74) is 0. The SMILES string of the molecule is CC/C=C\C/C=C\C/C=C\C/C=C\C/C=C\CCCCCCCCCCCCCCCCCCCCCC(=O)OCC(O)COP(=O)(O)OCC(O)COP(=O)(O)OCC(COC(=O)CCCCCCCCCCC/C=C\C/C=C\C/C=C\C/C=C\C/C=C\CC)OC(=O)CCCCCCC/C=C\CCCCCC. The van der Waals surface area contributed by atoms with Crippen LogP contribution in [-0.2, 0) is 55.8 Å². The molecule has 18 heteroatoms. The van der Waals surface area contributed by atoms with Gasteiger partial charge in [0.1, 0.15) is 25.4 Å². The molecular weight excluding hydrogens is 1410 g/mol. The van der Waals surface area contributed by atoms with Gasteiger partial charge in [-0.25, -0.2) is 9.13 Å². The van der Waals surface area contributed by atoms with Crippen LogP contribution >= 0.6 is 15.6 Å². The second-order valence-electron chi connectivity index (χ2n) is 28.9. The van der Waals surface area contributed by atoms with Crippen molar-refractivity contribution in [3.63, 3.8) is 0 Å². The third-order valence-corrected chi connectivity index (χ3v) is 20.2. The molecule has 5 unspecified atom stereocenters. The zero-order valence-corrected chi connectivity index (χ0v) is 70.7. The van der Waals surface area contributed by atoms with Crippen LogP contribution < -0.4 is 0 Å². The van der Waals surface area contributed by atoms with Crippen LogP contribution in [0.15, 0.2) is 134 Å². The molecule has 4 N–H and O–H groups in total. The molecule has 109 heavy (non-hydrogen) atoms. The first kappa shape index (κ1) is 105. The number of hydrogen-bond acceptors (Lipinski definition) is 14. The van der Waals surface area contributed by atoms with Crippen molar-refractivity contribution in [1.82, 2.24) is 0 Å². The number of phosphoric acid groups is 2. The van der Waals surface area contributed by atoms with Crippen LogP contribution in [-0.4, -0.2) is 95.9 Å². The molecule has 0 radical (unpaired) electrons. The Balaban J connectivity index is 4.38. The highest BCUT2D eigenvalue weighted by molar-refractivity contribution is 7.47. The lowest BCUT2D eigenvalue weighted by Crippen LogP contribution is -2.30. The van der Waals surface area contributed by atoms with Gasteiger partial charge in [-0.1, -0.05) is 347 Å². The first-order valence-corrected chi connectivity index (χ1v) is 46.5. The maximum atomic E-state index is 13.0. The number of carbonyl (C=O) groups is 3. The minimum absolute atomic E-state index is 0.0923. The molecule has 0 fully saturated rings. The number of ether oxygens (including phenoxy) is 3. The molecule has 0 rings (SSSR count). The third-order valence-electron chi connectivity index (χ3n) is 18.3. The molecule has 16 nitrogen and oxygen atoms in total. The van der Waals surface area contributed by atoms with Gasteiger partial charge in [-0.15, -0.1) is 0 Å². The lowest BCUT2D eigenvalue weighted by Gasteiger charge is -2.21. The molecule has 0 spiro atoms. The van der Waals surface area contributed by atoms with E-state index in [-0.39, 0.29) is 19.3 Å². The van der Waals surface area contributed by atoms with E-state index in [0.717, 1.165) is 154 Å². The second-order valence-corrected chi connectivity index (χ2v) is 31.8. The Hall–Kier alpha value is -4.31. The fourth-order valence-electron chi connectivity index (χ4n) is 11.8. The van der Waals surface area contributed by atoms with Crippen LogP contribution in [0.4, 0.5) is 0 Å². The summed E-state index contributed by atoms with van der Waals surface area (Å²) in [6, 6.07) is 0. The lowest BCUT2D eigenvalue weighted by molar-refractivity contribution is -0.161. The van der Waals surface area contributed by atoms with E-state index in [1.807, 2.05) is 0 Å². The quantitative estimate of drug-likeness (QED) is 0.0146. The molecular formula is C91H158O16P2. The summed E-state index contributed by atoms with van der Waals surface area (Å²) in [5.74, 6) is -1.58. The molecule has 0 bridgehead atoms. The largest absolute Gasteiger partial charge is 0.472 e. The number of phosphoric ester groups is 2. The average molecular weight is 1570 g/mol. The van der Waals surface area contributed by atoms with E-state index in [4.69, 9.17) is 32.3 Å². The Morgan fingerprint density at radius 2 is 0.486 bits per heavy atom. The smallest absolute Gasteiger partial charge is 0.463 e. The number of rotatable bonds is 82. The summed E-state index contributed by atoms with van der Waals surface area (Å²) in [6.45, 7) is 2.46. The molecule has 0 saturated heterocycles. The van der Waals surface area contributed by atoms with Crippen molar-refractivity contribution >= 4 is 33.6 Å². The van der Waals surface area contributed by atoms with E-state index < -0.39 is 91.5 Å². The highest BCUT2D eigenvalue weighted by Gasteiger charge is 2.29. The summed E-state index contributed by atoms with van der Waals surface area (Å²) in [7, 11) is -9.79. The molecule has 0 aromatic carbocycles. The summed E-state index contributed by atoms with van der Waals surface area (Å²) in [6.07, 6.45) is 102. The van der Waals surface area contributed by atoms with Gasteiger partial charge < -0.3 is 34.2 Å². The van der Waals surface area contributed by atoms with Crippen LogP contribution in [0.1, 0.15) is 367 Å². The Morgan fingerprint density at radius 1 is 0.266 bits per heavy atom. The summed E-state index contributed by atoms with van der Waals surface area (Å²) in [4.78, 5) is 58.7. The molecule has 0 aliphatic rings. The molecule has 0 heterocycles. The van der Waals surface area contributed by atoms with E-state index >= 15 is 0 Å². The van der Waals surface area contributed by atoms with Gasteiger partial charge in [0.2, 0.25) is 0 Å². The second kappa shape index (κ2) is 83.1. The number of unbranched alkanes of at least 4 members (excludes halogenated alkanes) is 37. The monoisotopic (exact) mass is 1570 g/mol. The Morgan fingerprint density at radius 3 is 0.780 bits per heavy atom. The van der Waals surface area contributed by atoms with E-state index in [9.17, 15) is 43.5 Å². The zero-order valence-electron chi connectivity index (χ0n) is 68.9. The van der Waals surface area contributed by atoms with Crippen LogP contribution in [0.2, 0.25) is 0 Å². The Bertz CT molecular complexity index is 2510. The average Bonchev–Trinajstić information content (AvgIpc) is 0.905. The summed E-state index contributed by atoms with van der Waals surface area (Å²) in [5, 5.41) is 20.7. The van der Waals surface area contributed by atoms with Gasteiger partial charge in [0.15, 0.2) is 6.10 Å². The van der Waals surface area contributed by atoms with E-state index in [0.29, 0.717) is 19.3 Å². The predicted molar refractivity (Wildman–Crippen MR) is 454 cm³/mol. The highest BCUT2D eigenvalue weighted by Crippen LogP contribution is 2.45. The van der Waals surface area contributed by atoms with Crippen molar-refractivity contribution in [3.8, 4) is 0 Å². The van der Waals surface area contributed by atoms with Crippen LogP contribution in [0.5, 0.6) is 0 Å². The topological polar surface area (TPSA) is 231 Å². The van der Waals surface area contributed by atoms with E-state index in [1.54, 1.807) is 0 Å². The zero-order chi connectivity index (χ0) is 79.4. The Kier molecular flexibility index (Phi) is 79.8. The fraction of sp³-hybridized carbons (Fsp3) is 0.725. The number of allylic oxidation sites excluding steroid dienone is 22. The van der Waals surface area contributed by atoms with Crippen molar-refractivity contribution in [2.45, 2.75) is 386 Å². The first-order chi connectivity index (χ1) is 53.2. The third kappa shape index (κ3) is 84.4. The van der Waals surface area contributed by atoms with Gasteiger partial charge in [-0.3, -0.25) is 32.5 Å². The fourth-order valence-corrected chi connectivity index (χ4v) is 13.4. The van der Waals surface area contributed by atoms with Crippen molar-refractivity contribution in [3.05, 3.63) is 134 Å². The molecule has 0 aromatic heterocycles. The van der Waals surface area contributed by atoms with E-state index in [1.165, 1.54) is 154 Å². The van der Waals surface area contributed by atoms with Gasteiger partial charge in [0.25, 0.3) is 0 Å². The molecule has 5 atom stereocenters.